The van der Waals surface area contributed by atoms with Gasteiger partial charge in [-0.1, -0.05) is 11.6 Å². The van der Waals surface area contributed by atoms with Crippen LogP contribution >= 0.6 is 27.5 Å². The molecule has 2 aromatic heterocycles. The molecule has 0 saturated heterocycles. The molecule has 106 valence electrons. The van der Waals surface area contributed by atoms with E-state index >= 15 is 0 Å². The summed E-state index contributed by atoms with van der Waals surface area (Å²) >= 11 is 9.71. The van der Waals surface area contributed by atoms with Gasteiger partial charge in [0.25, 0.3) is 0 Å². The van der Waals surface area contributed by atoms with Crippen molar-refractivity contribution in [3.8, 4) is 17.3 Å². The van der Waals surface area contributed by atoms with Crippen LogP contribution in [0.3, 0.4) is 0 Å². The average Bonchev–Trinajstić information content (AvgIpc) is 3.18. The molecule has 20 heavy (non-hydrogen) atoms. The van der Waals surface area contributed by atoms with E-state index in [1.807, 2.05) is 14.0 Å². The zero-order valence-electron chi connectivity index (χ0n) is 11.4. The number of aromatic nitrogens is 4. The van der Waals surface area contributed by atoms with Crippen molar-refractivity contribution in [2.24, 2.45) is 7.05 Å². The van der Waals surface area contributed by atoms with Crippen LogP contribution in [0.25, 0.3) is 11.4 Å². The van der Waals surface area contributed by atoms with Gasteiger partial charge in [-0.2, -0.15) is 5.10 Å². The molecular formula is C13H14BrClN4O. The Kier molecular flexibility index (Phi) is 3.46. The van der Waals surface area contributed by atoms with Crippen LogP contribution in [0.4, 0.5) is 0 Å². The molecule has 0 amide bonds. The third-order valence-corrected chi connectivity index (χ3v) is 4.67. The molecule has 0 unspecified atom stereocenters. The van der Waals surface area contributed by atoms with E-state index in [0.717, 1.165) is 34.3 Å². The Morgan fingerprint density at radius 3 is 2.65 bits per heavy atom. The van der Waals surface area contributed by atoms with Crippen molar-refractivity contribution in [2.45, 2.75) is 25.7 Å². The Balaban J connectivity index is 2.20. The van der Waals surface area contributed by atoms with Crippen molar-refractivity contribution in [3.63, 3.8) is 0 Å². The van der Waals surface area contributed by atoms with Crippen molar-refractivity contribution < 1.29 is 4.74 Å². The van der Waals surface area contributed by atoms with E-state index in [0.29, 0.717) is 22.8 Å². The van der Waals surface area contributed by atoms with E-state index in [1.165, 1.54) is 0 Å². The predicted molar refractivity (Wildman–Crippen MR) is 80.2 cm³/mol. The van der Waals surface area contributed by atoms with Crippen molar-refractivity contribution in [3.05, 3.63) is 21.0 Å². The van der Waals surface area contributed by atoms with E-state index in [-0.39, 0.29) is 0 Å². The molecule has 0 spiro atoms. The summed E-state index contributed by atoms with van der Waals surface area (Å²) in [5.41, 5.74) is 2.60. The fourth-order valence-electron chi connectivity index (χ4n) is 2.30. The maximum Gasteiger partial charge on any atom is 0.222 e. The fourth-order valence-corrected chi connectivity index (χ4v) is 2.98. The molecule has 2 aromatic rings. The van der Waals surface area contributed by atoms with Gasteiger partial charge in [0.2, 0.25) is 5.88 Å². The first kappa shape index (κ1) is 13.8. The van der Waals surface area contributed by atoms with Gasteiger partial charge in [0, 0.05) is 13.0 Å². The van der Waals surface area contributed by atoms with Gasteiger partial charge in [-0.05, 0) is 35.7 Å². The van der Waals surface area contributed by atoms with Gasteiger partial charge in [0.1, 0.15) is 10.7 Å². The number of halogens is 2. The highest BCUT2D eigenvalue weighted by Gasteiger charge is 2.30. The summed E-state index contributed by atoms with van der Waals surface area (Å²) in [6.45, 7) is 1.91. The quantitative estimate of drug-likeness (QED) is 0.789. The summed E-state index contributed by atoms with van der Waals surface area (Å²) in [4.78, 5) is 9.04. The second kappa shape index (κ2) is 5.00. The summed E-state index contributed by atoms with van der Waals surface area (Å²) in [5, 5.41) is 4.79. The first-order valence-electron chi connectivity index (χ1n) is 6.33. The first-order chi connectivity index (χ1) is 9.52. The number of methoxy groups -OCH3 is 1. The van der Waals surface area contributed by atoms with E-state index < -0.39 is 0 Å². The topological polar surface area (TPSA) is 52.8 Å². The first-order valence-corrected chi connectivity index (χ1v) is 7.51. The summed E-state index contributed by atoms with van der Waals surface area (Å²) < 4.78 is 7.88. The van der Waals surface area contributed by atoms with E-state index in [2.05, 4.69) is 31.0 Å². The van der Waals surface area contributed by atoms with Crippen LogP contribution in [0.15, 0.2) is 4.47 Å². The molecule has 0 N–H and O–H groups in total. The molecule has 0 atom stereocenters. The van der Waals surface area contributed by atoms with Crippen LogP contribution in [0.5, 0.6) is 5.88 Å². The highest BCUT2D eigenvalue weighted by Crippen LogP contribution is 2.45. The molecule has 0 radical (unpaired) electrons. The van der Waals surface area contributed by atoms with Gasteiger partial charge in [-0.3, -0.25) is 0 Å². The molecule has 1 fully saturated rings. The Morgan fingerprint density at radius 2 is 2.05 bits per heavy atom. The molecule has 3 rings (SSSR count). The van der Waals surface area contributed by atoms with Crippen LogP contribution < -0.4 is 4.74 Å². The zero-order chi connectivity index (χ0) is 14.4. The lowest BCUT2D eigenvalue weighted by Gasteiger charge is -2.08. The number of aryl methyl sites for hydroxylation is 2. The van der Waals surface area contributed by atoms with E-state index in [9.17, 15) is 0 Å². The van der Waals surface area contributed by atoms with Crippen LogP contribution in [-0.2, 0) is 7.05 Å². The molecule has 1 aliphatic carbocycles. The van der Waals surface area contributed by atoms with Crippen molar-refractivity contribution in [1.82, 2.24) is 19.7 Å². The minimum absolute atomic E-state index is 0.433. The standard InChI is InChI=1S/C13H14BrClN4O/c1-6-8(13(20-3)19(2)18-6)12-16-10(7-4-5-7)9(14)11(15)17-12/h7H,4-5H2,1-3H3. The Hall–Kier alpha value is -1.14. The summed E-state index contributed by atoms with van der Waals surface area (Å²) in [6, 6.07) is 0. The number of nitrogens with zero attached hydrogens (tertiary/aromatic N) is 4. The van der Waals surface area contributed by atoms with Gasteiger partial charge in [0.05, 0.1) is 23.0 Å². The number of ether oxygens (including phenoxy) is 1. The fraction of sp³-hybridized carbons (Fsp3) is 0.462. The Morgan fingerprint density at radius 1 is 1.35 bits per heavy atom. The number of hydrogen-bond donors (Lipinski definition) is 0. The van der Waals surface area contributed by atoms with Gasteiger partial charge in [0.15, 0.2) is 5.82 Å². The SMILES string of the molecule is COc1c(-c2nc(Cl)c(Br)c(C3CC3)n2)c(C)nn1C. The second-order valence-electron chi connectivity index (χ2n) is 4.90. The molecule has 5 nitrogen and oxygen atoms in total. The lowest BCUT2D eigenvalue weighted by atomic mass is 10.2. The van der Waals surface area contributed by atoms with Crippen LogP contribution in [-0.4, -0.2) is 26.9 Å². The van der Waals surface area contributed by atoms with Crippen LogP contribution in [0.1, 0.15) is 30.1 Å². The molecule has 0 aromatic carbocycles. The maximum atomic E-state index is 6.23. The van der Waals surface area contributed by atoms with Crippen LogP contribution in [0, 0.1) is 6.92 Å². The average molecular weight is 358 g/mol. The molecule has 0 bridgehead atoms. The molecule has 2 heterocycles. The Bertz CT molecular complexity index is 681. The smallest absolute Gasteiger partial charge is 0.222 e. The monoisotopic (exact) mass is 356 g/mol. The third-order valence-electron chi connectivity index (χ3n) is 3.39. The third kappa shape index (κ3) is 2.20. The van der Waals surface area contributed by atoms with Crippen molar-refractivity contribution in [2.75, 3.05) is 7.11 Å². The second-order valence-corrected chi connectivity index (χ2v) is 6.06. The van der Waals surface area contributed by atoms with E-state index in [1.54, 1.807) is 11.8 Å². The highest BCUT2D eigenvalue weighted by molar-refractivity contribution is 9.10. The number of hydrogen-bond acceptors (Lipinski definition) is 4. The van der Waals surface area contributed by atoms with Crippen molar-refractivity contribution in [1.29, 1.82) is 0 Å². The maximum absolute atomic E-state index is 6.23. The molecule has 0 aliphatic heterocycles. The van der Waals surface area contributed by atoms with Gasteiger partial charge < -0.3 is 4.74 Å². The largest absolute Gasteiger partial charge is 0.481 e. The molecular weight excluding hydrogens is 344 g/mol. The lowest BCUT2D eigenvalue weighted by Crippen LogP contribution is -2.00. The minimum atomic E-state index is 0.433. The zero-order valence-corrected chi connectivity index (χ0v) is 13.8. The summed E-state index contributed by atoms with van der Waals surface area (Å²) in [5.74, 6) is 1.69. The minimum Gasteiger partial charge on any atom is -0.481 e. The highest BCUT2D eigenvalue weighted by atomic mass is 79.9. The van der Waals surface area contributed by atoms with E-state index in [4.69, 9.17) is 16.3 Å². The van der Waals surface area contributed by atoms with Crippen molar-refractivity contribution >= 4 is 27.5 Å². The van der Waals surface area contributed by atoms with Gasteiger partial charge in [-0.15, -0.1) is 0 Å². The van der Waals surface area contributed by atoms with Gasteiger partial charge >= 0.3 is 0 Å². The Labute approximate surface area is 130 Å². The number of rotatable bonds is 3. The molecule has 1 aliphatic rings. The lowest BCUT2D eigenvalue weighted by molar-refractivity contribution is 0.374. The molecule has 7 heteroatoms. The normalized spacial score (nSPS) is 14.7. The van der Waals surface area contributed by atoms with Gasteiger partial charge in [-0.25, -0.2) is 14.6 Å². The van der Waals surface area contributed by atoms with Crippen LogP contribution in [0.2, 0.25) is 5.15 Å². The summed E-state index contributed by atoms with van der Waals surface area (Å²) in [6.07, 6.45) is 2.29. The summed E-state index contributed by atoms with van der Waals surface area (Å²) in [7, 11) is 3.44. The molecule has 1 saturated carbocycles. The predicted octanol–water partition coefficient (Wildman–Crippen LogP) is 3.49.